The highest BCUT2D eigenvalue weighted by Gasteiger charge is 2.15. The SMILES string of the molecule is Cc1cc(C)n2nc(S[C@H](C)c3nccc(N)n3)nc2n1. The fraction of sp³-hybridized carbons (Fsp3) is 0.308. The molecule has 3 rings (SSSR count). The van der Waals surface area contributed by atoms with Crippen molar-refractivity contribution in [3.8, 4) is 0 Å². The second-order valence-electron chi connectivity index (χ2n) is 4.74. The van der Waals surface area contributed by atoms with Gasteiger partial charge in [0.1, 0.15) is 11.6 Å². The maximum absolute atomic E-state index is 5.68. The molecule has 0 radical (unpaired) electrons. The van der Waals surface area contributed by atoms with Gasteiger partial charge in [-0.25, -0.2) is 19.5 Å². The Morgan fingerprint density at radius 1 is 1.24 bits per heavy atom. The molecule has 1 atom stereocenters. The van der Waals surface area contributed by atoms with Gasteiger partial charge in [0, 0.05) is 17.6 Å². The van der Waals surface area contributed by atoms with Crippen LogP contribution in [0.1, 0.15) is 29.4 Å². The van der Waals surface area contributed by atoms with Gasteiger partial charge in [-0.2, -0.15) is 4.98 Å². The Bertz CT molecular complexity index is 798. The summed E-state index contributed by atoms with van der Waals surface area (Å²) >= 11 is 1.48. The van der Waals surface area contributed by atoms with Crippen molar-refractivity contribution in [1.29, 1.82) is 0 Å². The number of aryl methyl sites for hydroxylation is 2. The molecule has 108 valence electrons. The van der Waals surface area contributed by atoms with Gasteiger partial charge in [0.2, 0.25) is 5.16 Å². The van der Waals surface area contributed by atoms with Gasteiger partial charge in [-0.05, 0) is 32.9 Å². The second-order valence-corrected chi connectivity index (χ2v) is 6.05. The lowest BCUT2D eigenvalue weighted by Gasteiger charge is -2.06. The third-order valence-corrected chi connectivity index (χ3v) is 3.89. The smallest absolute Gasteiger partial charge is 0.253 e. The molecule has 3 heterocycles. The molecule has 21 heavy (non-hydrogen) atoms. The van der Waals surface area contributed by atoms with Crippen LogP contribution in [-0.2, 0) is 0 Å². The lowest BCUT2D eigenvalue weighted by atomic mass is 10.4. The topological polar surface area (TPSA) is 94.9 Å². The van der Waals surface area contributed by atoms with E-state index in [0.717, 1.165) is 11.4 Å². The van der Waals surface area contributed by atoms with Crippen LogP contribution in [0.2, 0.25) is 0 Å². The molecule has 0 bridgehead atoms. The van der Waals surface area contributed by atoms with E-state index >= 15 is 0 Å². The number of hydrogen-bond donors (Lipinski definition) is 1. The van der Waals surface area contributed by atoms with Crippen LogP contribution in [0.5, 0.6) is 0 Å². The van der Waals surface area contributed by atoms with Gasteiger partial charge in [0.15, 0.2) is 0 Å². The quantitative estimate of drug-likeness (QED) is 0.739. The Hall–Kier alpha value is -2.22. The molecule has 0 amide bonds. The fourth-order valence-electron chi connectivity index (χ4n) is 1.99. The summed E-state index contributed by atoms with van der Waals surface area (Å²) in [7, 11) is 0. The number of rotatable bonds is 3. The molecule has 3 aromatic heterocycles. The Kier molecular flexibility index (Phi) is 3.46. The monoisotopic (exact) mass is 301 g/mol. The van der Waals surface area contributed by atoms with Crippen LogP contribution < -0.4 is 5.73 Å². The third kappa shape index (κ3) is 2.80. The summed E-state index contributed by atoms with van der Waals surface area (Å²) in [4.78, 5) is 17.3. The minimum absolute atomic E-state index is 0.00677. The molecule has 0 saturated carbocycles. The van der Waals surface area contributed by atoms with Crippen molar-refractivity contribution in [1.82, 2.24) is 29.5 Å². The van der Waals surface area contributed by atoms with E-state index in [0.29, 0.717) is 22.6 Å². The first-order valence-electron chi connectivity index (χ1n) is 6.49. The van der Waals surface area contributed by atoms with Crippen LogP contribution in [0.15, 0.2) is 23.5 Å². The van der Waals surface area contributed by atoms with Crippen molar-refractivity contribution in [3.05, 3.63) is 35.5 Å². The Morgan fingerprint density at radius 3 is 2.81 bits per heavy atom. The van der Waals surface area contributed by atoms with Crippen molar-refractivity contribution in [2.45, 2.75) is 31.2 Å². The summed E-state index contributed by atoms with van der Waals surface area (Å²) in [5, 5.41) is 5.12. The van der Waals surface area contributed by atoms with Gasteiger partial charge in [-0.3, -0.25) is 0 Å². The van der Waals surface area contributed by atoms with Crippen molar-refractivity contribution in [2.24, 2.45) is 0 Å². The van der Waals surface area contributed by atoms with E-state index in [-0.39, 0.29) is 5.25 Å². The van der Waals surface area contributed by atoms with Gasteiger partial charge >= 0.3 is 0 Å². The summed E-state index contributed by atoms with van der Waals surface area (Å²) in [5.74, 6) is 1.74. The fourth-order valence-corrected chi connectivity index (χ4v) is 2.79. The molecular formula is C13H15N7S. The predicted octanol–water partition coefficient (Wildman–Crippen LogP) is 1.97. The zero-order chi connectivity index (χ0) is 15.0. The highest BCUT2D eigenvalue weighted by Crippen LogP contribution is 2.31. The van der Waals surface area contributed by atoms with Crippen LogP contribution in [-0.4, -0.2) is 29.5 Å². The number of nitrogens with zero attached hydrogens (tertiary/aromatic N) is 6. The Morgan fingerprint density at radius 2 is 2.05 bits per heavy atom. The minimum atomic E-state index is 0.00677. The average Bonchev–Trinajstić information content (AvgIpc) is 2.81. The average molecular weight is 301 g/mol. The minimum Gasteiger partial charge on any atom is -0.384 e. The van der Waals surface area contributed by atoms with Crippen molar-refractivity contribution in [3.63, 3.8) is 0 Å². The molecule has 2 N–H and O–H groups in total. The molecule has 0 aliphatic rings. The van der Waals surface area contributed by atoms with Crippen molar-refractivity contribution < 1.29 is 0 Å². The van der Waals surface area contributed by atoms with E-state index in [2.05, 4.69) is 25.0 Å². The first kappa shape index (κ1) is 13.7. The molecule has 0 aliphatic carbocycles. The normalized spacial score (nSPS) is 12.7. The molecular weight excluding hydrogens is 286 g/mol. The van der Waals surface area contributed by atoms with Gasteiger partial charge < -0.3 is 5.73 Å². The van der Waals surface area contributed by atoms with E-state index in [9.17, 15) is 0 Å². The summed E-state index contributed by atoms with van der Waals surface area (Å²) in [6, 6.07) is 3.64. The van der Waals surface area contributed by atoms with Crippen LogP contribution in [0.25, 0.3) is 5.78 Å². The van der Waals surface area contributed by atoms with Crippen LogP contribution in [0.4, 0.5) is 5.82 Å². The Balaban J connectivity index is 1.89. The van der Waals surface area contributed by atoms with Crippen molar-refractivity contribution >= 4 is 23.4 Å². The van der Waals surface area contributed by atoms with E-state index in [4.69, 9.17) is 5.73 Å². The van der Waals surface area contributed by atoms with Crippen LogP contribution in [0, 0.1) is 13.8 Å². The maximum Gasteiger partial charge on any atom is 0.253 e. The number of nitrogen functional groups attached to an aromatic ring is 1. The number of fused-ring (bicyclic) bond motifs is 1. The summed E-state index contributed by atoms with van der Waals surface area (Å²) in [6.45, 7) is 5.92. The molecule has 8 heteroatoms. The number of thioether (sulfide) groups is 1. The molecule has 0 fully saturated rings. The number of hydrogen-bond acceptors (Lipinski definition) is 7. The third-order valence-electron chi connectivity index (χ3n) is 2.94. The summed E-state index contributed by atoms with van der Waals surface area (Å²) < 4.78 is 1.74. The summed E-state index contributed by atoms with van der Waals surface area (Å²) in [5.41, 5.74) is 7.61. The van der Waals surface area contributed by atoms with Gasteiger partial charge in [0.25, 0.3) is 5.78 Å². The van der Waals surface area contributed by atoms with E-state index < -0.39 is 0 Å². The molecule has 0 aliphatic heterocycles. The number of aromatic nitrogens is 6. The zero-order valence-corrected chi connectivity index (χ0v) is 12.8. The molecule has 0 aromatic carbocycles. The second kappa shape index (κ2) is 5.28. The lowest BCUT2D eigenvalue weighted by molar-refractivity contribution is 0.837. The first-order valence-corrected chi connectivity index (χ1v) is 7.37. The van der Waals surface area contributed by atoms with Gasteiger partial charge in [-0.1, -0.05) is 11.8 Å². The van der Waals surface area contributed by atoms with Gasteiger partial charge in [-0.15, -0.1) is 5.10 Å². The highest BCUT2D eigenvalue weighted by molar-refractivity contribution is 7.99. The van der Waals surface area contributed by atoms with Crippen LogP contribution >= 0.6 is 11.8 Å². The predicted molar refractivity (Wildman–Crippen MR) is 81.0 cm³/mol. The standard InChI is InChI=1S/C13H15N7S/c1-7-6-8(2)20-12(16-7)18-13(19-20)21-9(3)11-15-5-4-10(14)17-11/h4-6,9H,1-3H3,(H2,14,15,17)/t9-/m1/s1. The molecule has 0 spiro atoms. The largest absolute Gasteiger partial charge is 0.384 e. The summed E-state index contributed by atoms with van der Waals surface area (Å²) in [6.07, 6.45) is 1.65. The zero-order valence-electron chi connectivity index (χ0n) is 12.0. The molecule has 7 nitrogen and oxygen atoms in total. The van der Waals surface area contributed by atoms with Crippen molar-refractivity contribution in [2.75, 3.05) is 5.73 Å². The van der Waals surface area contributed by atoms with Gasteiger partial charge in [0.05, 0.1) is 5.25 Å². The first-order chi connectivity index (χ1) is 10.0. The highest BCUT2D eigenvalue weighted by atomic mass is 32.2. The van der Waals surface area contributed by atoms with E-state index in [1.54, 1.807) is 16.8 Å². The number of anilines is 1. The molecule has 3 aromatic rings. The molecule has 0 saturated heterocycles. The molecule has 0 unspecified atom stereocenters. The maximum atomic E-state index is 5.68. The number of nitrogens with two attached hydrogens (primary N) is 1. The van der Waals surface area contributed by atoms with E-state index in [1.807, 2.05) is 26.8 Å². The van der Waals surface area contributed by atoms with Crippen LogP contribution in [0.3, 0.4) is 0 Å². The lowest BCUT2D eigenvalue weighted by Crippen LogP contribution is -2.01. The Labute approximate surface area is 126 Å². The van der Waals surface area contributed by atoms with E-state index in [1.165, 1.54) is 11.8 Å².